The lowest BCUT2D eigenvalue weighted by molar-refractivity contribution is 0.0690. The molecule has 1 aromatic carbocycles. The van der Waals surface area contributed by atoms with E-state index in [9.17, 15) is 14.9 Å². The van der Waals surface area contributed by atoms with E-state index in [-0.39, 0.29) is 28.7 Å². The summed E-state index contributed by atoms with van der Waals surface area (Å²) in [7, 11) is -0.888. The highest BCUT2D eigenvalue weighted by molar-refractivity contribution is 8.00. The predicted molar refractivity (Wildman–Crippen MR) is 87.4 cm³/mol. The summed E-state index contributed by atoms with van der Waals surface area (Å²) in [6, 6.07) is 3.84. The maximum Gasteiger partial charge on any atom is 0.526 e. The number of benzene rings is 1. The monoisotopic (exact) mass is 334 g/mol. The first kappa shape index (κ1) is 15.4. The van der Waals surface area contributed by atoms with Gasteiger partial charge in [-0.2, -0.15) is 0 Å². The van der Waals surface area contributed by atoms with E-state index in [4.69, 9.17) is 9.39 Å². The van der Waals surface area contributed by atoms with Crippen LogP contribution in [-0.4, -0.2) is 41.2 Å². The summed E-state index contributed by atoms with van der Waals surface area (Å²) < 4.78 is 11.3. The number of carbonyl (C=O) groups is 1. The van der Waals surface area contributed by atoms with Crippen LogP contribution in [0.2, 0.25) is 5.82 Å². The highest BCUT2D eigenvalue weighted by Gasteiger charge is 2.54. The molecule has 0 bridgehead atoms. The van der Waals surface area contributed by atoms with Gasteiger partial charge in [0.25, 0.3) is 0 Å². The molecule has 2 heterocycles. The molecule has 2 aliphatic heterocycles. The van der Waals surface area contributed by atoms with E-state index in [1.165, 1.54) is 11.8 Å². The normalized spacial score (nSPS) is 29.5. The number of hydrogen-bond acceptors (Lipinski definition) is 5. The lowest BCUT2D eigenvalue weighted by Crippen LogP contribution is -2.27. The van der Waals surface area contributed by atoms with Gasteiger partial charge < -0.3 is 19.5 Å². The van der Waals surface area contributed by atoms with Crippen LogP contribution in [0.25, 0.3) is 0 Å². The highest BCUT2D eigenvalue weighted by Crippen LogP contribution is 2.60. The van der Waals surface area contributed by atoms with Crippen molar-refractivity contribution < 1.29 is 24.3 Å². The van der Waals surface area contributed by atoms with Gasteiger partial charge in [-0.1, -0.05) is 13.0 Å². The van der Waals surface area contributed by atoms with Crippen molar-refractivity contribution in [1.29, 1.82) is 0 Å². The van der Waals surface area contributed by atoms with E-state index >= 15 is 0 Å². The Bertz CT molecular complexity index is 646. The van der Waals surface area contributed by atoms with E-state index in [1.807, 2.05) is 12.1 Å². The van der Waals surface area contributed by atoms with Gasteiger partial charge in [0, 0.05) is 22.6 Å². The van der Waals surface area contributed by atoms with Gasteiger partial charge >= 0.3 is 13.1 Å². The average Bonchev–Trinajstić information content (AvgIpc) is 3.13. The zero-order valence-corrected chi connectivity index (χ0v) is 13.7. The summed E-state index contributed by atoms with van der Waals surface area (Å²) >= 11 is 1.52. The lowest BCUT2D eigenvalue weighted by atomic mass is 9.77. The topological polar surface area (TPSA) is 76.0 Å². The SMILES string of the molecule is C[C@@H](Sc1ccc2c(c1C(=O)O)OB(O)[C@@H]1C[C@H]21)[C@@H]1CCCO1. The van der Waals surface area contributed by atoms with Crippen molar-refractivity contribution in [2.75, 3.05) is 6.61 Å². The second-order valence-corrected chi connectivity index (χ2v) is 7.97. The first-order valence-corrected chi connectivity index (χ1v) is 8.97. The third-order valence-electron chi connectivity index (χ3n) is 5.01. The third-order valence-corrected chi connectivity index (χ3v) is 6.28. The molecule has 0 aromatic heterocycles. The number of thioether (sulfide) groups is 1. The number of ether oxygens (including phenoxy) is 1. The van der Waals surface area contributed by atoms with Crippen molar-refractivity contribution in [3.8, 4) is 5.75 Å². The molecule has 2 N–H and O–H groups in total. The molecule has 7 heteroatoms. The molecule has 1 aromatic rings. The Hall–Kier alpha value is -1.18. The molecule has 1 saturated carbocycles. The highest BCUT2D eigenvalue weighted by atomic mass is 32.2. The number of carboxylic acids is 1. The molecule has 2 fully saturated rings. The molecule has 1 saturated heterocycles. The quantitative estimate of drug-likeness (QED) is 0.651. The number of rotatable bonds is 4. The van der Waals surface area contributed by atoms with Crippen LogP contribution in [0.1, 0.15) is 48.0 Å². The van der Waals surface area contributed by atoms with Crippen molar-refractivity contribution in [2.24, 2.45) is 0 Å². The zero-order valence-electron chi connectivity index (χ0n) is 12.9. The zero-order chi connectivity index (χ0) is 16.1. The number of carboxylic acid groups (broad SMARTS) is 1. The molecule has 122 valence electrons. The predicted octanol–water partition coefficient (Wildman–Crippen LogP) is 2.77. The molecular weight excluding hydrogens is 315 g/mol. The van der Waals surface area contributed by atoms with Crippen LogP contribution >= 0.6 is 11.8 Å². The van der Waals surface area contributed by atoms with E-state index < -0.39 is 13.1 Å². The fraction of sp³-hybridized carbons (Fsp3) is 0.562. The molecule has 0 amide bonds. The molecule has 4 atom stereocenters. The van der Waals surface area contributed by atoms with Gasteiger partial charge in [-0.25, -0.2) is 4.79 Å². The van der Waals surface area contributed by atoms with Gasteiger partial charge in [0.1, 0.15) is 11.3 Å². The number of fused-ring (bicyclic) bond motifs is 3. The summed E-state index contributed by atoms with van der Waals surface area (Å²) in [6.07, 6.45) is 3.10. The Labute approximate surface area is 139 Å². The van der Waals surface area contributed by atoms with E-state index in [0.717, 1.165) is 31.4 Å². The Balaban J connectivity index is 1.67. The van der Waals surface area contributed by atoms with Crippen LogP contribution in [0.4, 0.5) is 0 Å². The number of hydrogen-bond donors (Lipinski definition) is 2. The fourth-order valence-electron chi connectivity index (χ4n) is 3.64. The van der Waals surface area contributed by atoms with Gasteiger partial charge in [0.05, 0.1) is 6.10 Å². The van der Waals surface area contributed by atoms with Crippen molar-refractivity contribution in [1.82, 2.24) is 0 Å². The van der Waals surface area contributed by atoms with E-state index in [0.29, 0.717) is 10.6 Å². The van der Waals surface area contributed by atoms with Crippen LogP contribution in [0.3, 0.4) is 0 Å². The van der Waals surface area contributed by atoms with Crippen molar-refractivity contribution in [3.05, 3.63) is 23.3 Å². The maximum absolute atomic E-state index is 11.8. The first-order valence-electron chi connectivity index (χ1n) is 8.09. The molecule has 0 spiro atoms. The molecule has 1 aliphatic carbocycles. The molecule has 0 unspecified atom stereocenters. The van der Waals surface area contributed by atoms with Crippen LogP contribution in [-0.2, 0) is 4.74 Å². The summed E-state index contributed by atoms with van der Waals surface area (Å²) in [5, 5.41) is 19.8. The average molecular weight is 334 g/mol. The van der Waals surface area contributed by atoms with Crippen LogP contribution < -0.4 is 4.65 Å². The van der Waals surface area contributed by atoms with Gasteiger partial charge in [-0.05, 0) is 36.8 Å². The van der Waals surface area contributed by atoms with Gasteiger partial charge in [-0.15, -0.1) is 11.8 Å². The summed E-state index contributed by atoms with van der Waals surface area (Å²) in [4.78, 5) is 12.5. The van der Waals surface area contributed by atoms with Gasteiger partial charge in [0.2, 0.25) is 0 Å². The first-order chi connectivity index (χ1) is 11.1. The van der Waals surface area contributed by atoms with Crippen LogP contribution in [0, 0.1) is 0 Å². The van der Waals surface area contributed by atoms with Gasteiger partial charge in [0.15, 0.2) is 0 Å². The van der Waals surface area contributed by atoms with E-state index in [2.05, 4.69) is 6.92 Å². The second kappa shape index (κ2) is 5.72. The molecule has 23 heavy (non-hydrogen) atoms. The molecule has 4 rings (SSSR count). The second-order valence-electron chi connectivity index (χ2n) is 6.55. The van der Waals surface area contributed by atoms with Gasteiger partial charge in [-0.3, -0.25) is 0 Å². The smallest absolute Gasteiger partial charge is 0.526 e. The largest absolute Gasteiger partial charge is 0.535 e. The van der Waals surface area contributed by atoms with Crippen molar-refractivity contribution in [3.63, 3.8) is 0 Å². The molecule has 5 nitrogen and oxygen atoms in total. The Kier molecular flexibility index (Phi) is 3.82. The summed E-state index contributed by atoms with van der Waals surface area (Å²) in [6.45, 7) is 2.85. The fourth-order valence-corrected chi connectivity index (χ4v) is 4.86. The Morgan fingerprint density at radius 2 is 2.30 bits per heavy atom. The minimum Gasteiger partial charge on any atom is -0.535 e. The maximum atomic E-state index is 11.8. The standard InChI is InChI=1S/C16H19BO5S/c1-8(12-3-2-6-21-12)23-13-5-4-9-10-7-11(10)17(20)22-15(9)14(13)16(18)19/h4-5,8,10-12,20H,2-3,6-7H2,1H3,(H,18,19)/t8-,10-,11-,12+/m1/s1. The number of aromatic carboxylic acids is 1. The summed E-state index contributed by atoms with van der Waals surface area (Å²) in [5.41, 5.74) is 1.11. The van der Waals surface area contributed by atoms with Crippen LogP contribution in [0.5, 0.6) is 5.75 Å². The third kappa shape index (κ3) is 2.64. The van der Waals surface area contributed by atoms with Crippen molar-refractivity contribution >= 4 is 24.8 Å². The molecule has 3 aliphatic rings. The van der Waals surface area contributed by atoms with E-state index in [1.54, 1.807) is 0 Å². The molecular formula is C16H19BO5S. The van der Waals surface area contributed by atoms with Crippen molar-refractivity contribution in [2.45, 2.75) is 54.2 Å². The summed E-state index contributed by atoms with van der Waals surface area (Å²) in [5.74, 6) is -0.293. The minimum absolute atomic E-state index is 0.119. The van der Waals surface area contributed by atoms with Crippen LogP contribution in [0.15, 0.2) is 17.0 Å². The Morgan fingerprint density at radius 3 is 3.00 bits per heavy atom. The molecule has 0 radical (unpaired) electrons. The minimum atomic E-state index is -1.00. The Morgan fingerprint density at radius 1 is 1.48 bits per heavy atom. The lowest BCUT2D eigenvalue weighted by Gasteiger charge is -2.24.